The first kappa shape index (κ1) is 29.6. The number of hydrogen-bond acceptors (Lipinski definition) is 9. The molecule has 0 aliphatic carbocycles. The van der Waals surface area contributed by atoms with Gasteiger partial charge in [-0.05, 0) is 48.9 Å². The topological polar surface area (TPSA) is 109 Å². The Morgan fingerprint density at radius 1 is 0.933 bits per heavy atom. The van der Waals surface area contributed by atoms with Gasteiger partial charge >= 0.3 is 11.9 Å². The summed E-state index contributed by atoms with van der Waals surface area (Å²) in [7, 11) is 2.89. The maximum atomic E-state index is 14.1. The van der Waals surface area contributed by atoms with E-state index in [9.17, 15) is 14.4 Å². The molecule has 2 aromatic heterocycles. The number of carbonyl (C=O) groups excluding carboxylic acids is 2. The molecule has 5 aromatic rings. The summed E-state index contributed by atoms with van der Waals surface area (Å²) in [6.07, 6.45) is 1.65. The minimum absolute atomic E-state index is 0.156. The van der Waals surface area contributed by atoms with Crippen molar-refractivity contribution < 1.29 is 28.2 Å². The lowest BCUT2D eigenvalue weighted by Gasteiger charge is -2.26. The fourth-order valence-electron chi connectivity index (χ4n) is 5.20. The summed E-state index contributed by atoms with van der Waals surface area (Å²) in [4.78, 5) is 45.1. The molecule has 6 rings (SSSR count). The third-order valence-corrected chi connectivity index (χ3v) is 8.23. The quantitative estimate of drug-likeness (QED) is 0.225. The molecule has 3 heterocycles. The largest absolute Gasteiger partial charge is 0.497 e. The summed E-state index contributed by atoms with van der Waals surface area (Å²) in [5.41, 5.74) is 2.80. The van der Waals surface area contributed by atoms with Crippen LogP contribution in [-0.2, 0) is 14.3 Å². The maximum absolute atomic E-state index is 14.1. The van der Waals surface area contributed by atoms with Crippen molar-refractivity contribution in [3.8, 4) is 17.1 Å². The zero-order chi connectivity index (χ0) is 31.5. The van der Waals surface area contributed by atoms with Crippen LogP contribution >= 0.6 is 11.3 Å². The van der Waals surface area contributed by atoms with Crippen molar-refractivity contribution in [2.45, 2.75) is 13.0 Å². The second-order valence-electron chi connectivity index (χ2n) is 9.98. The molecule has 10 heteroatoms. The molecule has 0 fully saturated rings. The average molecular weight is 621 g/mol. The number of furan rings is 1. The Hall–Kier alpha value is -5.48. The van der Waals surface area contributed by atoms with E-state index in [-0.39, 0.29) is 17.7 Å². The molecule has 226 valence electrons. The molecule has 0 saturated heterocycles. The third-order valence-electron chi connectivity index (χ3n) is 7.25. The normalized spacial score (nSPS) is 14.5. The highest BCUT2D eigenvalue weighted by Crippen LogP contribution is 2.36. The number of methoxy groups -OCH3 is 2. The minimum atomic E-state index is -0.832. The van der Waals surface area contributed by atoms with E-state index < -0.39 is 18.0 Å². The van der Waals surface area contributed by atoms with Crippen molar-refractivity contribution >= 4 is 35.0 Å². The summed E-state index contributed by atoms with van der Waals surface area (Å²) in [6, 6.07) is 26.2. The number of benzene rings is 3. The standard InChI is InChI=1S/C35H28N2O7S/c1-4-43-34(40)29-30(21-10-6-5-7-11-21)36-35-37(31(29)23-13-9-15-25(19-23)41-2)32(38)28(45-35)20-26-16-17-27(44-26)22-12-8-14-24(18-22)33(39)42-3/h5-20,31H,4H2,1-3H3/b28-20-. The summed E-state index contributed by atoms with van der Waals surface area (Å²) < 4.78 is 23.8. The third kappa shape index (κ3) is 5.75. The molecule has 0 spiro atoms. The molecule has 1 aliphatic rings. The molecule has 9 nitrogen and oxygen atoms in total. The fraction of sp³-hybridized carbons (Fsp3) is 0.143. The van der Waals surface area contributed by atoms with Gasteiger partial charge in [-0.25, -0.2) is 14.6 Å². The van der Waals surface area contributed by atoms with Crippen molar-refractivity contribution in [1.82, 2.24) is 4.57 Å². The van der Waals surface area contributed by atoms with E-state index in [1.54, 1.807) is 62.6 Å². The van der Waals surface area contributed by atoms with E-state index in [1.165, 1.54) is 23.0 Å². The second kappa shape index (κ2) is 12.6. The van der Waals surface area contributed by atoms with Gasteiger partial charge in [-0.3, -0.25) is 9.36 Å². The Kier molecular flexibility index (Phi) is 8.30. The molecule has 0 radical (unpaired) electrons. The van der Waals surface area contributed by atoms with Crippen LogP contribution in [0, 0.1) is 0 Å². The van der Waals surface area contributed by atoms with Crippen molar-refractivity contribution in [3.63, 3.8) is 0 Å². The Morgan fingerprint density at radius 2 is 1.71 bits per heavy atom. The second-order valence-corrected chi connectivity index (χ2v) is 11.0. The van der Waals surface area contributed by atoms with Crippen LogP contribution in [0.5, 0.6) is 5.75 Å². The number of fused-ring (bicyclic) bond motifs is 1. The predicted molar refractivity (Wildman–Crippen MR) is 170 cm³/mol. The number of aromatic nitrogens is 1. The molecular formula is C35H28N2O7S. The van der Waals surface area contributed by atoms with E-state index in [4.69, 9.17) is 23.6 Å². The van der Waals surface area contributed by atoms with Gasteiger partial charge in [0.25, 0.3) is 5.56 Å². The van der Waals surface area contributed by atoms with E-state index in [2.05, 4.69) is 0 Å². The maximum Gasteiger partial charge on any atom is 0.338 e. The molecule has 0 saturated carbocycles. The summed E-state index contributed by atoms with van der Waals surface area (Å²) in [5, 5.41) is 0. The first-order valence-corrected chi connectivity index (χ1v) is 14.9. The first-order chi connectivity index (χ1) is 21.9. The Morgan fingerprint density at radius 3 is 2.47 bits per heavy atom. The highest BCUT2D eigenvalue weighted by Gasteiger charge is 2.35. The minimum Gasteiger partial charge on any atom is -0.497 e. The van der Waals surface area contributed by atoms with Crippen molar-refractivity contribution in [1.29, 1.82) is 0 Å². The number of hydrogen-bond donors (Lipinski definition) is 0. The molecule has 1 atom stereocenters. The summed E-state index contributed by atoms with van der Waals surface area (Å²) >= 11 is 1.19. The van der Waals surface area contributed by atoms with Crippen LogP contribution in [-0.4, -0.2) is 37.3 Å². The number of ether oxygens (including phenoxy) is 3. The SMILES string of the molecule is CCOC(=O)C1=C(c2ccccc2)N=c2s/c(=C\c3ccc(-c4cccc(C(=O)OC)c4)o3)c(=O)n2C1c1cccc(OC)c1. The van der Waals surface area contributed by atoms with Crippen LogP contribution in [0.1, 0.15) is 40.2 Å². The van der Waals surface area contributed by atoms with Crippen molar-refractivity contribution in [3.05, 3.63) is 139 Å². The van der Waals surface area contributed by atoms with Gasteiger partial charge in [0, 0.05) is 17.2 Å². The lowest BCUT2D eigenvalue weighted by molar-refractivity contribution is -0.138. The lowest BCUT2D eigenvalue weighted by atomic mass is 9.93. The summed E-state index contributed by atoms with van der Waals surface area (Å²) in [6.45, 7) is 1.89. The monoisotopic (exact) mass is 620 g/mol. The molecule has 3 aromatic carbocycles. The Labute approximate surface area is 262 Å². The Bertz CT molecular complexity index is 2120. The van der Waals surface area contributed by atoms with Gasteiger partial charge in [-0.15, -0.1) is 0 Å². The first-order valence-electron chi connectivity index (χ1n) is 14.1. The molecule has 0 amide bonds. The number of nitrogens with zero attached hydrogens (tertiary/aromatic N) is 2. The van der Waals surface area contributed by atoms with Crippen LogP contribution in [0.3, 0.4) is 0 Å². The van der Waals surface area contributed by atoms with Crippen LogP contribution in [0.25, 0.3) is 23.1 Å². The average Bonchev–Trinajstić information content (AvgIpc) is 3.68. The van der Waals surface area contributed by atoms with Crippen LogP contribution in [0.2, 0.25) is 0 Å². The van der Waals surface area contributed by atoms with E-state index >= 15 is 0 Å². The number of carbonyl (C=O) groups is 2. The zero-order valence-corrected chi connectivity index (χ0v) is 25.5. The molecule has 0 bridgehead atoms. The smallest absolute Gasteiger partial charge is 0.338 e. The number of rotatable bonds is 8. The summed E-state index contributed by atoms with van der Waals surface area (Å²) in [5.74, 6) is 0.518. The zero-order valence-electron chi connectivity index (χ0n) is 24.7. The molecule has 1 unspecified atom stereocenters. The van der Waals surface area contributed by atoms with Crippen LogP contribution in [0.4, 0.5) is 0 Å². The van der Waals surface area contributed by atoms with Crippen molar-refractivity contribution in [2.24, 2.45) is 4.99 Å². The van der Waals surface area contributed by atoms with Crippen LogP contribution < -0.4 is 19.6 Å². The molecular weight excluding hydrogens is 592 g/mol. The molecule has 1 aliphatic heterocycles. The highest BCUT2D eigenvalue weighted by molar-refractivity contribution is 7.07. The fourth-order valence-corrected chi connectivity index (χ4v) is 6.18. The van der Waals surface area contributed by atoms with Gasteiger partial charge < -0.3 is 18.6 Å². The van der Waals surface area contributed by atoms with Gasteiger partial charge in [0.15, 0.2) is 4.80 Å². The van der Waals surface area contributed by atoms with Gasteiger partial charge in [-0.1, -0.05) is 65.9 Å². The molecule has 45 heavy (non-hydrogen) atoms. The van der Waals surface area contributed by atoms with E-state index in [1.807, 2.05) is 48.5 Å². The van der Waals surface area contributed by atoms with E-state index in [0.717, 1.165) is 5.56 Å². The van der Waals surface area contributed by atoms with Crippen molar-refractivity contribution in [2.75, 3.05) is 20.8 Å². The van der Waals surface area contributed by atoms with Crippen LogP contribution in [0.15, 0.2) is 111 Å². The van der Waals surface area contributed by atoms with Gasteiger partial charge in [0.2, 0.25) is 0 Å². The lowest BCUT2D eigenvalue weighted by Crippen LogP contribution is -2.40. The Balaban J connectivity index is 1.53. The molecule has 0 N–H and O–H groups in total. The van der Waals surface area contributed by atoms with E-state index in [0.29, 0.717) is 49.0 Å². The number of thiazole rings is 1. The van der Waals surface area contributed by atoms with Gasteiger partial charge in [0.05, 0.1) is 48.2 Å². The highest BCUT2D eigenvalue weighted by atomic mass is 32.1. The number of esters is 2. The van der Waals surface area contributed by atoms with Gasteiger partial charge in [-0.2, -0.15) is 0 Å². The van der Waals surface area contributed by atoms with Gasteiger partial charge in [0.1, 0.15) is 17.3 Å². The predicted octanol–water partition coefficient (Wildman–Crippen LogP) is 4.99.